The maximum atomic E-state index is 4.52. The number of hydrogen-bond acceptors (Lipinski definition) is 2. The largest absolute Gasteiger partial charge is 0.309 e. The van der Waals surface area contributed by atoms with E-state index in [-0.39, 0.29) is 0 Å². The molecular formula is C13H25N3. The molecule has 16 heavy (non-hydrogen) atoms. The molecule has 1 heterocycles. The molecule has 0 radical (unpaired) electrons. The normalized spacial score (nSPS) is 13.0. The first-order valence-electron chi connectivity index (χ1n) is 6.49. The summed E-state index contributed by atoms with van der Waals surface area (Å²) in [6.07, 6.45) is 4.58. The van der Waals surface area contributed by atoms with Crippen molar-refractivity contribution in [1.82, 2.24) is 15.1 Å². The van der Waals surface area contributed by atoms with Crippen LogP contribution >= 0.6 is 0 Å². The van der Waals surface area contributed by atoms with Crippen molar-refractivity contribution in [1.29, 1.82) is 0 Å². The third-order valence-corrected chi connectivity index (χ3v) is 2.90. The van der Waals surface area contributed by atoms with E-state index in [9.17, 15) is 0 Å². The standard InChI is InChI=1S/C13H25N3/c1-5-8-12(14-9-6-2)13-10-11(7-3)15-16(13)4/h10,12,14H,5-9H2,1-4H3. The van der Waals surface area contributed by atoms with E-state index in [2.05, 4.69) is 37.3 Å². The third kappa shape index (κ3) is 3.34. The van der Waals surface area contributed by atoms with Crippen LogP contribution in [0, 0.1) is 0 Å². The van der Waals surface area contributed by atoms with Crippen molar-refractivity contribution in [3.63, 3.8) is 0 Å². The van der Waals surface area contributed by atoms with Crippen molar-refractivity contribution < 1.29 is 0 Å². The van der Waals surface area contributed by atoms with Crippen LogP contribution in [0.3, 0.4) is 0 Å². The number of aryl methyl sites for hydroxylation is 2. The van der Waals surface area contributed by atoms with Crippen molar-refractivity contribution in [3.8, 4) is 0 Å². The zero-order chi connectivity index (χ0) is 12.0. The van der Waals surface area contributed by atoms with Crippen molar-refractivity contribution in [2.24, 2.45) is 7.05 Å². The minimum Gasteiger partial charge on any atom is -0.309 e. The van der Waals surface area contributed by atoms with E-state index >= 15 is 0 Å². The number of rotatable bonds is 7. The van der Waals surface area contributed by atoms with Gasteiger partial charge in [-0.2, -0.15) is 5.10 Å². The molecule has 1 aromatic heterocycles. The second-order valence-corrected chi connectivity index (χ2v) is 4.33. The molecule has 1 atom stereocenters. The maximum Gasteiger partial charge on any atom is 0.0625 e. The summed E-state index contributed by atoms with van der Waals surface area (Å²) >= 11 is 0. The van der Waals surface area contributed by atoms with E-state index in [1.807, 2.05) is 11.7 Å². The van der Waals surface area contributed by atoms with Gasteiger partial charge in [0.1, 0.15) is 0 Å². The first-order valence-corrected chi connectivity index (χ1v) is 6.49. The quantitative estimate of drug-likeness (QED) is 0.770. The van der Waals surface area contributed by atoms with E-state index in [0.717, 1.165) is 13.0 Å². The fourth-order valence-electron chi connectivity index (χ4n) is 2.00. The highest BCUT2D eigenvalue weighted by Crippen LogP contribution is 2.19. The van der Waals surface area contributed by atoms with Crippen LogP contribution in [-0.4, -0.2) is 16.3 Å². The van der Waals surface area contributed by atoms with Gasteiger partial charge in [0.15, 0.2) is 0 Å². The topological polar surface area (TPSA) is 29.9 Å². The van der Waals surface area contributed by atoms with Gasteiger partial charge in [-0.05, 0) is 31.9 Å². The molecule has 0 aromatic carbocycles. The summed E-state index contributed by atoms with van der Waals surface area (Å²) in [7, 11) is 2.05. The SMILES string of the molecule is CCCNC(CCC)c1cc(CC)nn1C. The lowest BCUT2D eigenvalue weighted by atomic mass is 10.1. The molecule has 0 fully saturated rings. The van der Waals surface area contributed by atoms with Crippen LogP contribution < -0.4 is 5.32 Å². The molecule has 3 nitrogen and oxygen atoms in total. The van der Waals surface area contributed by atoms with Gasteiger partial charge in [-0.25, -0.2) is 0 Å². The first-order chi connectivity index (χ1) is 7.72. The molecule has 1 N–H and O–H groups in total. The molecular weight excluding hydrogens is 198 g/mol. The highest BCUT2D eigenvalue weighted by atomic mass is 15.3. The highest BCUT2D eigenvalue weighted by molar-refractivity contribution is 5.14. The number of nitrogens with one attached hydrogen (secondary N) is 1. The molecule has 0 saturated carbocycles. The summed E-state index contributed by atoms with van der Waals surface area (Å²) in [5.41, 5.74) is 2.52. The minimum atomic E-state index is 0.461. The zero-order valence-corrected chi connectivity index (χ0v) is 11.1. The van der Waals surface area contributed by atoms with Crippen LogP contribution in [0.1, 0.15) is 57.5 Å². The molecule has 0 aliphatic rings. The van der Waals surface area contributed by atoms with Gasteiger partial charge < -0.3 is 5.32 Å². The second-order valence-electron chi connectivity index (χ2n) is 4.33. The van der Waals surface area contributed by atoms with Gasteiger partial charge in [-0.3, -0.25) is 4.68 Å². The van der Waals surface area contributed by atoms with Crippen LogP contribution in [0.4, 0.5) is 0 Å². The summed E-state index contributed by atoms with van der Waals surface area (Å²) < 4.78 is 2.03. The maximum absolute atomic E-state index is 4.52. The van der Waals surface area contributed by atoms with Gasteiger partial charge in [-0.1, -0.05) is 27.2 Å². The molecule has 0 saturated heterocycles. The van der Waals surface area contributed by atoms with Crippen molar-refractivity contribution in [2.75, 3.05) is 6.54 Å². The Bertz CT molecular complexity index is 304. The Morgan fingerprint density at radius 2 is 2.06 bits per heavy atom. The molecule has 92 valence electrons. The molecule has 0 amide bonds. The van der Waals surface area contributed by atoms with Crippen molar-refractivity contribution in [2.45, 2.75) is 52.5 Å². The van der Waals surface area contributed by atoms with Crippen LogP contribution in [0.2, 0.25) is 0 Å². The van der Waals surface area contributed by atoms with Gasteiger partial charge in [-0.15, -0.1) is 0 Å². The first kappa shape index (κ1) is 13.2. The monoisotopic (exact) mass is 223 g/mol. The molecule has 0 spiro atoms. The lowest BCUT2D eigenvalue weighted by Crippen LogP contribution is -2.24. The lowest BCUT2D eigenvalue weighted by molar-refractivity contribution is 0.463. The Morgan fingerprint density at radius 3 is 2.56 bits per heavy atom. The van der Waals surface area contributed by atoms with E-state index < -0.39 is 0 Å². The summed E-state index contributed by atoms with van der Waals surface area (Å²) in [6.45, 7) is 7.67. The molecule has 0 aliphatic carbocycles. The third-order valence-electron chi connectivity index (χ3n) is 2.90. The fraction of sp³-hybridized carbons (Fsp3) is 0.769. The Labute approximate surface area is 99.2 Å². The molecule has 0 bridgehead atoms. The van der Waals surface area contributed by atoms with Gasteiger partial charge in [0.2, 0.25) is 0 Å². The number of aromatic nitrogens is 2. The fourth-order valence-corrected chi connectivity index (χ4v) is 2.00. The molecule has 1 rings (SSSR count). The van der Waals surface area contributed by atoms with Gasteiger partial charge in [0, 0.05) is 13.1 Å². The van der Waals surface area contributed by atoms with Crippen molar-refractivity contribution in [3.05, 3.63) is 17.5 Å². The minimum absolute atomic E-state index is 0.461. The summed E-state index contributed by atoms with van der Waals surface area (Å²) in [6, 6.07) is 2.70. The highest BCUT2D eigenvalue weighted by Gasteiger charge is 2.14. The van der Waals surface area contributed by atoms with Gasteiger partial charge in [0.25, 0.3) is 0 Å². The van der Waals surface area contributed by atoms with Crippen molar-refractivity contribution >= 4 is 0 Å². The Kier molecular flexibility index (Phi) is 5.53. The van der Waals surface area contributed by atoms with E-state index in [1.54, 1.807) is 0 Å². The van der Waals surface area contributed by atoms with Gasteiger partial charge in [0.05, 0.1) is 11.4 Å². The van der Waals surface area contributed by atoms with E-state index in [4.69, 9.17) is 0 Å². The van der Waals surface area contributed by atoms with Crippen LogP contribution in [0.15, 0.2) is 6.07 Å². The number of nitrogens with zero attached hydrogens (tertiary/aromatic N) is 2. The average Bonchev–Trinajstić information content (AvgIpc) is 2.66. The molecule has 1 aromatic rings. The van der Waals surface area contributed by atoms with Crippen LogP contribution in [0.25, 0.3) is 0 Å². The van der Waals surface area contributed by atoms with E-state index in [1.165, 1.54) is 30.7 Å². The second kappa shape index (κ2) is 6.69. The Morgan fingerprint density at radius 1 is 1.31 bits per heavy atom. The van der Waals surface area contributed by atoms with Gasteiger partial charge >= 0.3 is 0 Å². The van der Waals surface area contributed by atoms with Crippen LogP contribution in [0.5, 0.6) is 0 Å². The molecule has 0 aliphatic heterocycles. The predicted molar refractivity (Wildman–Crippen MR) is 68.5 cm³/mol. The number of hydrogen-bond donors (Lipinski definition) is 1. The Hall–Kier alpha value is -0.830. The predicted octanol–water partition coefficient (Wildman–Crippen LogP) is 2.82. The Balaban J connectivity index is 2.77. The average molecular weight is 223 g/mol. The summed E-state index contributed by atoms with van der Waals surface area (Å²) in [5.74, 6) is 0. The smallest absolute Gasteiger partial charge is 0.0625 e. The summed E-state index contributed by atoms with van der Waals surface area (Å²) in [4.78, 5) is 0. The lowest BCUT2D eigenvalue weighted by Gasteiger charge is -2.17. The molecule has 1 unspecified atom stereocenters. The van der Waals surface area contributed by atoms with E-state index in [0.29, 0.717) is 6.04 Å². The molecule has 3 heteroatoms. The summed E-state index contributed by atoms with van der Waals surface area (Å²) in [5, 5.41) is 8.12. The zero-order valence-electron chi connectivity index (χ0n) is 11.1. The van der Waals surface area contributed by atoms with Crippen LogP contribution in [-0.2, 0) is 13.5 Å².